The molecule has 0 amide bonds. The number of halogens is 9. The third-order valence-electron chi connectivity index (χ3n) is 8.33. The lowest BCUT2D eigenvalue weighted by atomic mass is 9.86. The second-order valence-electron chi connectivity index (χ2n) is 11.8. The molecule has 0 saturated heterocycles. The van der Waals surface area contributed by atoms with Gasteiger partial charge in [-0.25, -0.2) is 16.8 Å². The van der Waals surface area contributed by atoms with Crippen LogP contribution in [-0.4, -0.2) is 77.7 Å². The Morgan fingerprint density at radius 3 is 2.02 bits per heavy atom. The number of anilines is 1. The van der Waals surface area contributed by atoms with Crippen LogP contribution in [0, 0.1) is 6.92 Å². The molecule has 0 N–H and O–H groups in total. The van der Waals surface area contributed by atoms with E-state index in [1.165, 1.54) is 13.0 Å². The quantitative estimate of drug-likeness (QED) is 0.190. The number of hydrogen-bond acceptors (Lipinski definition) is 7. The van der Waals surface area contributed by atoms with Gasteiger partial charge in [0.15, 0.2) is 10.0 Å². The van der Waals surface area contributed by atoms with Gasteiger partial charge in [0.05, 0.1) is 10.9 Å². The van der Waals surface area contributed by atoms with Crippen molar-refractivity contribution < 1.29 is 61.1 Å². The van der Waals surface area contributed by atoms with Crippen molar-refractivity contribution in [2.75, 3.05) is 31.6 Å². The number of nitrogens with zero attached hydrogens (tertiary/aromatic N) is 3. The van der Waals surface area contributed by atoms with Crippen molar-refractivity contribution in [2.24, 2.45) is 0 Å². The van der Waals surface area contributed by atoms with Gasteiger partial charge in [-0.2, -0.15) is 39.5 Å². The molecule has 51 heavy (non-hydrogen) atoms. The summed E-state index contributed by atoms with van der Waals surface area (Å²) in [4.78, 5) is 2.81. The molecular formula is C32H33F9N3O5S2-. The fourth-order valence-corrected chi connectivity index (χ4v) is 8.56. The maximum absolute atomic E-state index is 14.6. The zero-order valence-electron chi connectivity index (χ0n) is 27.7. The Morgan fingerprint density at radius 1 is 0.843 bits per heavy atom. The summed E-state index contributed by atoms with van der Waals surface area (Å²) < 4.78 is 183. The van der Waals surface area contributed by atoms with E-state index in [9.17, 15) is 56.3 Å². The Labute approximate surface area is 289 Å². The van der Waals surface area contributed by atoms with Crippen LogP contribution in [0.25, 0.3) is 9.70 Å². The SMILES string of the molecule is CCCN(C)c1ccc2c(c1)OC1=CC(N(CC)CC)C=CC1=C2c1ccc(C)cc1S(=O)(=O)[N-]S(=O)(=O)C(F)(F)C(F)(F)C(F)(F)C(F)(F)F. The third-order valence-corrected chi connectivity index (χ3v) is 11.7. The second kappa shape index (κ2) is 13.8. The lowest BCUT2D eigenvalue weighted by Crippen LogP contribution is -2.63. The van der Waals surface area contributed by atoms with E-state index >= 15 is 0 Å². The zero-order valence-corrected chi connectivity index (χ0v) is 29.3. The van der Waals surface area contributed by atoms with E-state index in [2.05, 4.69) is 0 Å². The predicted molar refractivity (Wildman–Crippen MR) is 172 cm³/mol. The standard InChI is InChI=1S/C32H33F9N3O5S2/c1-6-15-43(5)20-10-13-22-25(17-20)49-26-18-21(44(7-2)8-3)11-14-23(26)28(22)24-12-9-19(4)16-27(24)50(45,46)42-51(47,48)32(40,41)30(35,36)29(33,34)31(37,38)39/h9-14,16-18,21H,6-8,15H2,1-5H3/q-1. The average Bonchev–Trinajstić information content (AvgIpc) is 3.02. The number of hydrogen-bond donors (Lipinski definition) is 0. The molecule has 1 unspecified atom stereocenters. The van der Waals surface area contributed by atoms with Gasteiger partial charge in [0, 0.05) is 47.6 Å². The van der Waals surface area contributed by atoms with Gasteiger partial charge in [-0.3, -0.25) is 4.90 Å². The maximum atomic E-state index is 14.6. The minimum Gasteiger partial charge on any atom is -0.456 e. The minimum atomic E-state index is -7.67. The topological polar surface area (TPSA) is 98.1 Å². The molecule has 2 aromatic rings. The smallest absolute Gasteiger partial charge is 0.456 e. The summed E-state index contributed by atoms with van der Waals surface area (Å²) in [6.07, 6.45) is -1.50. The summed E-state index contributed by atoms with van der Waals surface area (Å²) in [6.45, 7) is 8.98. The van der Waals surface area contributed by atoms with Crippen LogP contribution in [0.4, 0.5) is 45.2 Å². The van der Waals surface area contributed by atoms with Crippen molar-refractivity contribution >= 4 is 31.3 Å². The monoisotopic (exact) mass is 774 g/mol. The number of sulfonamides is 2. The van der Waals surface area contributed by atoms with E-state index in [1.807, 2.05) is 41.7 Å². The average molecular weight is 775 g/mol. The summed E-state index contributed by atoms with van der Waals surface area (Å²) in [5.41, 5.74) is 0.880. The summed E-state index contributed by atoms with van der Waals surface area (Å²) >= 11 is 0. The molecule has 1 aliphatic carbocycles. The Morgan fingerprint density at radius 2 is 1.45 bits per heavy atom. The fourth-order valence-electron chi connectivity index (χ4n) is 5.59. The molecule has 0 saturated carbocycles. The Balaban J connectivity index is 1.95. The molecule has 4 rings (SSSR count). The molecule has 2 aromatic carbocycles. The van der Waals surface area contributed by atoms with Gasteiger partial charge in [0.2, 0.25) is 0 Å². The van der Waals surface area contributed by atoms with E-state index in [0.29, 0.717) is 25.3 Å². The number of rotatable bonds is 13. The van der Waals surface area contributed by atoms with Crippen molar-refractivity contribution in [3.63, 3.8) is 0 Å². The number of fused-ring (bicyclic) bond motifs is 2. The van der Waals surface area contributed by atoms with Crippen LogP contribution < -0.4 is 9.64 Å². The van der Waals surface area contributed by atoms with E-state index in [-0.39, 0.29) is 45.4 Å². The Hall–Kier alpha value is -3.55. The Kier molecular flexibility index (Phi) is 10.9. The molecule has 0 bridgehead atoms. The van der Waals surface area contributed by atoms with E-state index in [4.69, 9.17) is 4.74 Å². The number of benzene rings is 2. The predicted octanol–water partition coefficient (Wildman–Crippen LogP) is 8.02. The molecule has 2 aliphatic rings. The maximum Gasteiger partial charge on any atom is 0.460 e. The molecule has 8 nitrogen and oxygen atoms in total. The first-order chi connectivity index (χ1) is 23.4. The number of likely N-dealkylation sites (N-methyl/N-ethyl adjacent to an activating group) is 1. The zero-order chi connectivity index (χ0) is 38.5. The second-order valence-corrected chi connectivity index (χ2v) is 15.2. The van der Waals surface area contributed by atoms with Gasteiger partial charge in [-0.15, -0.1) is 0 Å². The third kappa shape index (κ3) is 7.01. The largest absolute Gasteiger partial charge is 0.460 e. The van der Waals surface area contributed by atoms with Gasteiger partial charge < -0.3 is 13.8 Å². The van der Waals surface area contributed by atoms with Crippen molar-refractivity contribution in [1.82, 2.24) is 4.90 Å². The van der Waals surface area contributed by atoms with Crippen LogP contribution >= 0.6 is 0 Å². The summed E-state index contributed by atoms with van der Waals surface area (Å²) in [6, 6.07) is 7.85. The first kappa shape index (κ1) is 40.2. The lowest BCUT2D eigenvalue weighted by Gasteiger charge is -2.36. The van der Waals surface area contributed by atoms with Gasteiger partial charge in [-0.1, -0.05) is 45.1 Å². The molecular weight excluding hydrogens is 741 g/mol. The highest BCUT2D eigenvalue weighted by atomic mass is 32.3. The molecule has 282 valence electrons. The molecule has 0 aromatic heterocycles. The van der Waals surface area contributed by atoms with Gasteiger partial charge in [0.25, 0.3) is 0 Å². The molecule has 1 aliphatic heterocycles. The van der Waals surface area contributed by atoms with Crippen molar-refractivity contribution in [2.45, 2.75) is 68.3 Å². The number of ether oxygens (including phenoxy) is 1. The molecule has 1 heterocycles. The van der Waals surface area contributed by atoms with Crippen LogP contribution in [-0.2, 0) is 20.0 Å². The van der Waals surface area contributed by atoms with Crippen LogP contribution in [0.3, 0.4) is 0 Å². The van der Waals surface area contributed by atoms with Crippen molar-refractivity contribution in [1.29, 1.82) is 0 Å². The molecule has 19 heteroatoms. The van der Waals surface area contributed by atoms with Crippen molar-refractivity contribution in [3.8, 4) is 5.75 Å². The highest BCUT2D eigenvalue weighted by molar-refractivity contribution is 8.12. The lowest BCUT2D eigenvalue weighted by molar-refractivity contribution is -0.382. The first-order valence-electron chi connectivity index (χ1n) is 15.4. The molecule has 1 atom stereocenters. The summed E-state index contributed by atoms with van der Waals surface area (Å²) in [7, 11) is -11.9. The van der Waals surface area contributed by atoms with E-state index in [0.717, 1.165) is 18.6 Å². The van der Waals surface area contributed by atoms with Crippen LogP contribution in [0.5, 0.6) is 5.75 Å². The fraction of sp³-hybridized carbons (Fsp3) is 0.438. The van der Waals surface area contributed by atoms with Crippen molar-refractivity contribution in [3.05, 3.63) is 86.8 Å². The highest BCUT2D eigenvalue weighted by Crippen LogP contribution is 2.56. The van der Waals surface area contributed by atoms with Gasteiger partial charge >= 0.3 is 23.3 Å². The minimum absolute atomic E-state index is 0.0494. The van der Waals surface area contributed by atoms with Crippen LogP contribution in [0.1, 0.15) is 43.9 Å². The van der Waals surface area contributed by atoms with Gasteiger partial charge in [0.1, 0.15) is 21.5 Å². The van der Waals surface area contributed by atoms with Gasteiger partial charge in [-0.05, 0) is 56.3 Å². The Bertz CT molecular complexity index is 1990. The summed E-state index contributed by atoms with van der Waals surface area (Å²) in [5, 5.41) is -7.34. The van der Waals surface area contributed by atoms with Crippen LogP contribution in [0.2, 0.25) is 0 Å². The normalized spacial score (nSPS) is 17.2. The molecule has 0 radical (unpaired) electrons. The molecule has 0 spiro atoms. The molecule has 0 fully saturated rings. The van der Waals surface area contributed by atoms with E-state index in [1.54, 1.807) is 36.4 Å². The first-order valence-corrected chi connectivity index (χ1v) is 18.2. The highest BCUT2D eigenvalue weighted by Gasteiger charge is 2.84. The number of allylic oxidation sites excluding steroid dienone is 1. The van der Waals surface area contributed by atoms with Crippen LogP contribution in [0.15, 0.2) is 70.9 Å². The summed E-state index contributed by atoms with van der Waals surface area (Å²) in [5.74, 6) is -14.9. The van der Waals surface area contributed by atoms with E-state index < -0.39 is 48.2 Å². The number of aryl methyl sites for hydroxylation is 1. The number of alkyl halides is 9.